The van der Waals surface area contributed by atoms with Crippen LogP contribution in [0.4, 0.5) is 5.69 Å². The third-order valence-corrected chi connectivity index (χ3v) is 5.76. The van der Waals surface area contributed by atoms with Crippen molar-refractivity contribution in [1.29, 1.82) is 0 Å². The van der Waals surface area contributed by atoms with Crippen molar-refractivity contribution < 1.29 is 22.4 Å². The summed E-state index contributed by atoms with van der Waals surface area (Å²) < 4.78 is 37.0. The van der Waals surface area contributed by atoms with Gasteiger partial charge < -0.3 is 14.5 Å². The molecule has 7 nitrogen and oxygen atoms in total. The minimum atomic E-state index is -3.64. The number of nitrogens with one attached hydrogen (secondary N) is 1. The number of amides is 1. The molecule has 1 amide bonds. The number of hydrogen-bond donors (Lipinski definition) is 1. The number of ether oxygens (including phenoxy) is 1. The van der Waals surface area contributed by atoms with Gasteiger partial charge in [0.25, 0.3) is 0 Å². The van der Waals surface area contributed by atoms with Gasteiger partial charge in [-0.2, -0.15) is 4.31 Å². The Balaban J connectivity index is 2.28. The number of rotatable bonds is 8. The molecule has 1 N–H and O–H groups in total. The second-order valence-corrected chi connectivity index (χ2v) is 7.23. The Morgan fingerprint density at radius 2 is 2.00 bits per heavy atom. The maximum atomic E-state index is 12.7. The van der Waals surface area contributed by atoms with Crippen LogP contribution in [0.5, 0.6) is 5.75 Å². The molecule has 0 aliphatic heterocycles. The number of methoxy groups -OCH3 is 1. The van der Waals surface area contributed by atoms with Crippen LogP contribution in [0, 0.1) is 0 Å². The molecule has 0 fully saturated rings. The highest BCUT2D eigenvalue weighted by Gasteiger charge is 2.23. The van der Waals surface area contributed by atoms with Gasteiger partial charge in [-0.3, -0.25) is 4.79 Å². The normalized spacial score (nSPS) is 11.8. The zero-order valence-corrected chi connectivity index (χ0v) is 15.7. The van der Waals surface area contributed by atoms with E-state index in [1.165, 1.54) is 48.0 Å². The van der Waals surface area contributed by atoms with E-state index in [-0.39, 0.29) is 10.6 Å². The van der Waals surface area contributed by atoms with E-state index in [0.717, 1.165) is 0 Å². The molecule has 2 rings (SSSR count). The largest absolute Gasteiger partial charge is 0.495 e. The topological polar surface area (TPSA) is 88.9 Å². The van der Waals surface area contributed by atoms with E-state index in [0.29, 0.717) is 24.6 Å². The fraction of sp³-hybridized carbons (Fsp3) is 0.278. The first-order chi connectivity index (χ1) is 12.4. The third-order valence-electron chi connectivity index (χ3n) is 3.71. The van der Waals surface area contributed by atoms with Gasteiger partial charge in [0, 0.05) is 19.2 Å². The Bertz CT molecular complexity index is 869. The van der Waals surface area contributed by atoms with Gasteiger partial charge >= 0.3 is 0 Å². The number of nitrogens with zero attached hydrogens (tertiary/aromatic N) is 1. The Labute approximate surface area is 153 Å². The van der Waals surface area contributed by atoms with Gasteiger partial charge in [0.1, 0.15) is 11.5 Å². The molecular weight excluding hydrogens is 356 g/mol. The monoisotopic (exact) mass is 378 g/mol. The summed E-state index contributed by atoms with van der Waals surface area (Å²) in [5.41, 5.74) is 0.273. The number of benzene rings is 1. The van der Waals surface area contributed by atoms with Crippen LogP contribution in [0.2, 0.25) is 0 Å². The summed E-state index contributed by atoms with van der Waals surface area (Å²) >= 11 is 0. The summed E-state index contributed by atoms with van der Waals surface area (Å²) in [6, 6.07) is 7.79. The number of furan rings is 1. The summed E-state index contributed by atoms with van der Waals surface area (Å²) in [6.07, 6.45) is 4.31. The van der Waals surface area contributed by atoms with Crippen LogP contribution in [0.1, 0.15) is 19.6 Å². The summed E-state index contributed by atoms with van der Waals surface area (Å²) in [6.45, 7) is 4.26. The highest BCUT2D eigenvalue weighted by atomic mass is 32.2. The number of sulfonamides is 1. The zero-order valence-electron chi connectivity index (χ0n) is 14.9. The standard InChI is InChI=1S/C18H22N2O5S/c1-4-20(5-2)26(22,23)15-9-10-17(24-3)16(13-15)19-18(21)11-8-14-7-6-12-25-14/h6-13H,4-5H2,1-3H3,(H,19,21)/b11-8-. The molecule has 1 aromatic heterocycles. The Hall–Kier alpha value is -2.58. The molecule has 0 saturated carbocycles. The first kappa shape index (κ1) is 19.7. The van der Waals surface area contributed by atoms with Gasteiger partial charge in [-0.15, -0.1) is 0 Å². The fourth-order valence-corrected chi connectivity index (χ4v) is 3.86. The predicted molar refractivity (Wildman–Crippen MR) is 99.5 cm³/mol. The lowest BCUT2D eigenvalue weighted by molar-refractivity contribution is -0.111. The summed E-state index contributed by atoms with van der Waals surface area (Å²) in [7, 11) is -2.19. The first-order valence-corrected chi connectivity index (χ1v) is 9.57. The van der Waals surface area contributed by atoms with Crippen LogP contribution >= 0.6 is 0 Å². The quantitative estimate of drug-likeness (QED) is 0.714. The van der Waals surface area contributed by atoms with E-state index < -0.39 is 15.9 Å². The third kappa shape index (κ3) is 4.53. The lowest BCUT2D eigenvalue weighted by Gasteiger charge is -2.19. The van der Waals surface area contributed by atoms with Crippen molar-refractivity contribution >= 4 is 27.7 Å². The van der Waals surface area contributed by atoms with Gasteiger partial charge in [0.05, 0.1) is 24.0 Å². The summed E-state index contributed by atoms with van der Waals surface area (Å²) in [4.78, 5) is 12.2. The van der Waals surface area contributed by atoms with E-state index in [2.05, 4.69) is 5.32 Å². The van der Waals surface area contributed by atoms with Crippen LogP contribution in [0.25, 0.3) is 6.08 Å². The lowest BCUT2D eigenvalue weighted by Crippen LogP contribution is -2.30. The molecule has 0 aliphatic rings. The maximum absolute atomic E-state index is 12.7. The van der Waals surface area contributed by atoms with Crippen LogP contribution in [-0.4, -0.2) is 38.8 Å². The van der Waals surface area contributed by atoms with E-state index in [1.807, 2.05) is 0 Å². The molecule has 8 heteroatoms. The maximum Gasteiger partial charge on any atom is 0.248 e. The van der Waals surface area contributed by atoms with Gasteiger partial charge in [-0.25, -0.2) is 8.42 Å². The van der Waals surface area contributed by atoms with E-state index in [9.17, 15) is 13.2 Å². The van der Waals surface area contributed by atoms with E-state index in [4.69, 9.17) is 9.15 Å². The van der Waals surface area contributed by atoms with E-state index in [1.54, 1.807) is 26.0 Å². The summed E-state index contributed by atoms with van der Waals surface area (Å²) in [5.74, 6) is 0.463. The molecule has 26 heavy (non-hydrogen) atoms. The molecular formula is C18H22N2O5S. The minimum Gasteiger partial charge on any atom is -0.495 e. The lowest BCUT2D eigenvalue weighted by atomic mass is 10.3. The highest BCUT2D eigenvalue weighted by molar-refractivity contribution is 7.89. The second-order valence-electron chi connectivity index (χ2n) is 5.29. The SMILES string of the molecule is CCN(CC)S(=O)(=O)c1ccc(OC)c(NC(=O)/C=C\c2ccco2)c1. The van der Waals surface area contributed by atoms with Gasteiger partial charge in [-0.1, -0.05) is 13.8 Å². The molecule has 0 bridgehead atoms. The fourth-order valence-electron chi connectivity index (χ4n) is 2.38. The van der Waals surface area contributed by atoms with Crippen molar-refractivity contribution in [3.63, 3.8) is 0 Å². The molecule has 0 spiro atoms. The van der Waals surface area contributed by atoms with Crippen molar-refractivity contribution in [1.82, 2.24) is 4.31 Å². The molecule has 140 valence electrons. The Kier molecular flexibility index (Phi) is 6.59. The van der Waals surface area contributed by atoms with Crippen LogP contribution in [0.3, 0.4) is 0 Å². The molecule has 0 aliphatic carbocycles. The Morgan fingerprint density at radius 1 is 1.27 bits per heavy atom. The van der Waals surface area contributed by atoms with Crippen molar-refractivity contribution in [3.05, 3.63) is 48.4 Å². The smallest absolute Gasteiger partial charge is 0.248 e. The van der Waals surface area contributed by atoms with Crippen molar-refractivity contribution in [3.8, 4) is 5.75 Å². The minimum absolute atomic E-state index is 0.0901. The molecule has 0 radical (unpaired) electrons. The average Bonchev–Trinajstić information content (AvgIpc) is 3.14. The molecule has 0 saturated heterocycles. The van der Waals surface area contributed by atoms with Crippen LogP contribution < -0.4 is 10.1 Å². The first-order valence-electron chi connectivity index (χ1n) is 8.13. The molecule has 2 aromatic rings. The number of carbonyl (C=O) groups excluding carboxylic acids is 1. The number of carbonyl (C=O) groups is 1. The molecule has 1 aromatic carbocycles. The number of hydrogen-bond acceptors (Lipinski definition) is 5. The van der Waals surface area contributed by atoms with Gasteiger partial charge in [0.2, 0.25) is 15.9 Å². The molecule has 1 heterocycles. The second kappa shape index (κ2) is 8.68. The summed E-state index contributed by atoms with van der Waals surface area (Å²) in [5, 5.41) is 2.64. The van der Waals surface area contributed by atoms with Crippen molar-refractivity contribution in [2.75, 3.05) is 25.5 Å². The highest BCUT2D eigenvalue weighted by Crippen LogP contribution is 2.29. The number of anilines is 1. The zero-order chi connectivity index (χ0) is 19.2. The Morgan fingerprint density at radius 3 is 2.58 bits per heavy atom. The average molecular weight is 378 g/mol. The van der Waals surface area contributed by atoms with Gasteiger partial charge in [-0.05, 0) is 36.4 Å². The molecule has 0 unspecified atom stereocenters. The van der Waals surface area contributed by atoms with Crippen molar-refractivity contribution in [2.24, 2.45) is 0 Å². The molecule has 0 atom stereocenters. The van der Waals surface area contributed by atoms with Gasteiger partial charge in [0.15, 0.2) is 0 Å². The van der Waals surface area contributed by atoms with E-state index >= 15 is 0 Å². The predicted octanol–water partition coefficient (Wildman–Crippen LogP) is 2.97. The van der Waals surface area contributed by atoms with Crippen molar-refractivity contribution in [2.45, 2.75) is 18.7 Å². The van der Waals surface area contributed by atoms with Crippen LogP contribution in [-0.2, 0) is 14.8 Å². The van der Waals surface area contributed by atoms with Crippen LogP contribution in [0.15, 0.2) is 52.0 Å².